The number of nitrogens with one attached hydrogen (secondary N) is 1. The average molecular weight is 351 g/mol. The predicted molar refractivity (Wildman–Crippen MR) is 94.1 cm³/mol. The van der Waals surface area contributed by atoms with E-state index in [0.717, 1.165) is 44.6 Å². The van der Waals surface area contributed by atoms with E-state index in [1.165, 1.54) is 7.11 Å². The first-order valence-electron chi connectivity index (χ1n) is 7.16. The lowest BCUT2D eigenvalue weighted by Gasteiger charge is -2.35. The minimum atomic E-state index is -0.234. The highest BCUT2D eigenvalue weighted by molar-refractivity contribution is 5.85. The molecule has 3 nitrogen and oxygen atoms in total. The Bertz CT molecular complexity index is 454. The van der Waals surface area contributed by atoms with E-state index >= 15 is 0 Å². The fraction of sp³-hybridized carbons (Fsp3) is 0.500. The normalized spacial score (nSPS) is 16.1. The van der Waals surface area contributed by atoms with Gasteiger partial charge in [0, 0.05) is 37.8 Å². The molecule has 0 amide bonds. The molecule has 0 spiro atoms. The Labute approximate surface area is 144 Å². The molecule has 0 aliphatic carbocycles. The molecule has 1 saturated heterocycles. The smallest absolute Gasteiger partial charge is 0.169 e. The average Bonchev–Trinajstić information content (AvgIpc) is 2.50. The molecule has 1 aromatic carbocycles. The second-order valence-electron chi connectivity index (χ2n) is 5.03. The van der Waals surface area contributed by atoms with E-state index in [4.69, 9.17) is 4.74 Å². The van der Waals surface area contributed by atoms with E-state index in [0.29, 0.717) is 5.75 Å². The van der Waals surface area contributed by atoms with Crippen molar-refractivity contribution >= 4 is 24.8 Å². The molecule has 22 heavy (non-hydrogen) atoms. The van der Waals surface area contributed by atoms with Crippen molar-refractivity contribution in [3.05, 3.63) is 42.2 Å². The summed E-state index contributed by atoms with van der Waals surface area (Å²) in [7, 11) is 1.51. The first-order valence-corrected chi connectivity index (χ1v) is 7.16. The van der Waals surface area contributed by atoms with Gasteiger partial charge in [0.05, 0.1) is 7.11 Å². The van der Waals surface area contributed by atoms with Crippen LogP contribution in [0.2, 0.25) is 0 Å². The maximum Gasteiger partial charge on any atom is 0.169 e. The van der Waals surface area contributed by atoms with Gasteiger partial charge in [-0.15, -0.1) is 31.4 Å². The summed E-state index contributed by atoms with van der Waals surface area (Å²) in [4.78, 5) is 2.35. The Kier molecular flexibility index (Phi) is 10.4. The number of piperazine rings is 1. The summed E-state index contributed by atoms with van der Waals surface area (Å²) in [6, 6.07) is 5.49. The van der Waals surface area contributed by atoms with Crippen molar-refractivity contribution in [3.63, 3.8) is 0 Å². The van der Waals surface area contributed by atoms with Crippen LogP contribution in [0.4, 0.5) is 4.39 Å². The van der Waals surface area contributed by atoms with Crippen molar-refractivity contribution in [1.29, 1.82) is 0 Å². The highest BCUT2D eigenvalue weighted by atomic mass is 35.5. The van der Waals surface area contributed by atoms with E-state index in [9.17, 15) is 4.39 Å². The van der Waals surface area contributed by atoms with Gasteiger partial charge in [-0.1, -0.05) is 18.2 Å². The highest BCUT2D eigenvalue weighted by Crippen LogP contribution is 2.32. The standard InChI is InChI=1S/C16H23FN2O.2ClH/c1-3-4-7-14(19-11-9-18-10-12-19)13-6-5-8-15(20-2)16(13)17;;/h3,5-6,8,14,18H,1,4,7,9-12H2,2H3;2*1H/t14-;;/m0../s1. The summed E-state index contributed by atoms with van der Waals surface area (Å²) in [6.45, 7) is 7.57. The molecule has 0 radical (unpaired) electrons. The van der Waals surface area contributed by atoms with Crippen molar-refractivity contribution < 1.29 is 9.13 Å². The van der Waals surface area contributed by atoms with Crippen molar-refractivity contribution in [2.45, 2.75) is 18.9 Å². The SMILES string of the molecule is C=CCC[C@@H](c1cccc(OC)c1F)N1CCNCC1.Cl.Cl. The summed E-state index contributed by atoms with van der Waals surface area (Å²) < 4.78 is 19.6. The summed E-state index contributed by atoms with van der Waals surface area (Å²) in [5.74, 6) is 0.0869. The van der Waals surface area contributed by atoms with Crippen LogP contribution in [0.1, 0.15) is 24.4 Å². The molecular weight excluding hydrogens is 326 g/mol. The molecule has 1 fully saturated rings. The zero-order valence-electron chi connectivity index (χ0n) is 12.9. The Hall–Kier alpha value is -0.810. The molecule has 0 unspecified atom stereocenters. The number of hydrogen-bond acceptors (Lipinski definition) is 3. The van der Waals surface area contributed by atoms with Crippen LogP contribution in [0.3, 0.4) is 0 Å². The Morgan fingerprint density at radius 2 is 2.05 bits per heavy atom. The maximum atomic E-state index is 14.5. The van der Waals surface area contributed by atoms with Crippen LogP contribution in [0.25, 0.3) is 0 Å². The number of benzene rings is 1. The Morgan fingerprint density at radius 1 is 1.36 bits per heavy atom. The van der Waals surface area contributed by atoms with Gasteiger partial charge >= 0.3 is 0 Å². The van der Waals surface area contributed by atoms with Crippen molar-refractivity contribution in [1.82, 2.24) is 10.2 Å². The van der Waals surface area contributed by atoms with Crippen LogP contribution in [0.5, 0.6) is 5.75 Å². The lowest BCUT2D eigenvalue weighted by molar-refractivity contribution is 0.162. The molecule has 0 saturated carbocycles. The minimum Gasteiger partial charge on any atom is -0.494 e. The van der Waals surface area contributed by atoms with Crippen LogP contribution < -0.4 is 10.1 Å². The van der Waals surface area contributed by atoms with Gasteiger partial charge in [-0.25, -0.2) is 4.39 Å². The third kappa shape index (κ3) is 5.13. The molecule has 126 valence electrons. The second kappa shape index (κ2) is 10.8. The zero-order chi connectivity index (χ0) is 14.4. The number of allylic oxidation sites excluding steroid dienone is 1. The van der Waals surface area contributed by atoms with Gasteiger partial charge in [0.25, 0.3) is 0 Å². The van der Waals surface area contributed by atoms with Crippen LogP contribution >= 0.6 is 24.8 Å². The third-order valence-electron chi connectivity index (χ3n) is 3.81. The molecule has 1 aliphatic rings. The lowest BCUT2D eigenvalue weighted by Crippen LogP contribution is -2.45. The molecule has 6 heteroatoms. The predicted octanol–water partition coefficient (Wildman–Crippen LogP) is 3.59. The summed E-state index contributed by atoms with van der Waals surface area (Å²) in [6.07, 6.45) is 3.66. The number of methoxy groups -OCH3 is 1. The highest BCUT2D eigenvalue weighted by Gasteiger charge is 2.25. The number of ether oxygens (including phenoxy) is 1. The quantitative estimate of drug-likeness (QED) is 0.793. The fourth-order valence-corrected chi connectivity index (χ4v) is 2.75. The third-order valence-corrected chi connectivity index (χ3v) is 3.81. The van der Waals surface area contributed by atoms with Gasteiger partial charge in [-0.05, 0) is 18.9 Å². The van der Waals surface area contributed by atoms with Crippen molar-refractivity contribution in [2.75, 3.05) is 33.3 Å². The van der Waals surface area contributed by atoms with Crippen molar-refractivity contribution in [2.24, 2.45) is 0 Å². The van der Waals surface area contributed by atoms with Crippen LogP contribution in [0.15, 0.2) is 30.9 Å². The largest absolute Gasteiger partial charge is 0.494 e. The number of rotatable bonds is 6. The fourth-order valence-electron chi connectivity index (χ4n) is 2.75. The van der Waals surface area contributed by atoms with E-state index < -0.39 is 0 Å². The number of hydrogen-bond donors (Lipinski definition) is 1. The summed E-state index contributed by atoms with van der Waals surface area (Å²) in [5, 5.41) is 3.33. The monoisotopic (exact) mass is 350 g/mol. The van der Waals surface area contributed by atoms with Gasteiger partial charge in [-0.2, -0.15) is 0 Å². The lowest BCUT2D eigenvalue weighted by atomic mass is 9.98. The van der Waals surface area contributed by atoms with E-state index in [1.807, 2.05) is 18.2 Å². The van der Waals surface area contributed by atoms with Gasteiger partial charge in [-0.3, -0.25) is 4.90 Å². The molecule has 1 N–H and O–H groups in total. The molecule has 1 aromatic rings. The number of nitrogens with zero attached hydrogens (tertiary/aromatic N) is 1. The topological polar surface area (TPSA) is 24.5 Å². The molecule has 1 aliphatic heterocycles. The van der Waals surface area contributed by atoms with Crippen LogP contribution in [-0.4, -0.2) is 38.2 Å². The first kappa shape index (κ1) is 21.2. The summed E-state index contributed by atoms with van der Waals surface area (Å²) >= 11 is 0. The summed E-state index contributed by atoms with van der Waals surface area (Å²) in [5.41, 5.74) is 0.730. The number of halogens is 3. The van der Waals surface area contributed by atoms with E-state index in [1.54, 1.807) is 6.07 Å². The Balaban J connectivity index is 0.00000220. The van der Waals surface area contributed by atoms with E-state index in [-0.39, 0.29) is 36.7 Å². The van der Waals surface area contributed by atoms with Gasteiger partial charge in [0.15, 0.2) is 11.6 Å². The van der Waals surface area contributed by atoms with Gasteiger partial charge in [0.2, 0.25) is 0 Å². The molecule has 2 rings (SSSR count). The second-order valence-corrected chi connectivity index (χ2v) is 5.03. The minimum absolute atomic E-state index is 0. The van der Waals surface area contributed by atoms with Gasteiger partial charge in [0.1, 0.15) is 0 Å². The molecule has 0 bridgehead atoms. The van der Waals surface area contributed by atoms with Crippen LogP contribution in [-0.2, 0) is 0 Å². The van der Waals surface area contributed by atoms with Gasteiger partial charge < -0.3 is 10.1 Å². The molecule has 1 atom stereocenters. The molecule has 0 aromatic heterocycles. The molecule has 1 heterocycles. The Morgan fingerprint density at radius 3 is 2.64 bits per heavy atom. The maximum absolute atomic E-state index is 14.5. The van der Waals surface area contributed by atoms with Crippen LogP contribution in [0, 0.1) is 5.82 Å². The zero-order valence-corrected chi connectivity index (χ0v) is 14.5. The van der Waals surface area contributed by atoms with E-state index in [2.05, 4.69) is 16.8 Å². The molecular formula is C16H25Cl2FN2O. The van der Waals surface area contributed by atoms with Crippen molar-refractivity contribution in [3.8, 4) is 5.75 Å². The first-order chi connectivity index (χ1) is 9.77.